The van der Waals surface area contributed by atoms with Gasteiger partial charge in [0.2, 0.25) is 0 Å². The smallest absolute Gasteiger partial charge is 0.0766 e. The van der Waals surface area contributed by atoms with E-state index in [2.05, 4.69) is 28.3 Å². The summed E-state index contributed by atoms with van der Waals surface area (Å²) >= 11 is 5.87. The topological polar surface area (TPSA) is 37.8 Å². The van der Waals surface area contributed by atoms with Crippen molar-refractivity contribution in [3.8, 4) is 0 Å². The number of aromatic nitrogens is 2. The normalized spacial score (nSPS) is 12.3. The molecule has 2 aromatic rings. The van der Waals surface area contributed by atoms with E-state index in [1.165, 1.54) is 0 Å². The summed E-state index contributed by atoms with van der Waals surface area (Å²) in [5.74, 6) is 0. The highest BCUT2D eigenvalue weighted by Gasteiger charge is 2.14. The lowest BCUT2D eigenvalue weighted by atomic mass is 10.1. The molecule has 4 heteroatoms. The number of rotatable bonds is 5. The lowest BCUT2D eigenvalue weighted by Crippen LogP contribution is -2.24. The molecule has 0 saturated carbocycles. The predicted molar refractivity (Wildman–Crippen MR) is 73.6 cm³/mol. The molecule has 94 valence electrons. The van der Waals surface area contributed by atoms with E-state index in [-0.39, 0.29) is 6.04 Å². The van der Waals surface area contributed by atoms with Gasteiger partial charge >= 0.3 is 0 Å². The van der Waals surface area contributed by atoms with Crippen molar-refractivity contribution >= 4 is 11.6 Å². The first-order valence-electron chi connectivity index (χ1n) is 6.06. The van der Waals surface area contributed by atoms with Gasteiger partial charge < -0.3 is 5.32 Å². The second-order valence-electron chi connectivity index (χ2n) is 4.07. The van der Waals surface area contributed by atoms with E-state index in [0.29, 0.717) is 5.02 Å². The molecule has 0 fully saturated rings. The van der Waals surface area contributed by atoms with Crippen LogP contribution in [0.3, 0.4) is 0 Å². The summed E-state index contributed by atoms with van der Waals surface area (Å²) in [4.78, 5) is 8.55. The van der Waals surface area contributed by atoms with E-state index in [1.54, 1.807) is 12.4 Å². The first-order chi connectivity index (χ1) is 8.81. The molecule has 0 aliphatic heterocycles. The van der Waals surface area contributed by atoms with Crippen LogP contribution < -0.4 is 5.32 Å². The summed E-state index contributed by atoms with van der Waals surface area (Å²) in [6.07, 6.45) is 6.39. The number of halogens is 1. The molecule has 0 aliphatic rings. The van der Waals surface area contributed by atoms with E-state index in [4.69, 9.17) is 11.6 Å². The minimum atomic E-state index is 0.0657. The third kappa shape index (κ3) is 3.28. The summed E-state index contributed by atoms with van der Waals surface area (Å²) in [6, 6.07) is 7.86. The molecule has 1 N–H and O–H groups in total. The zero-order chi connectivity index (χ0) is 12.8. The molecule has 2 rings (SSSR count). The fraction of sp³-hybridized carbons (Fsp3) is 0.286. The Hall–Kier alpha value is -1.45. The van der Waals surface area contributed by atoms with Crippen molar-refractivity contribution in [2.45, 2.75) is 19.4 Å². The van der Waals surface area contributed by atoms with Crippen LogP contribution in [0.15, 0.2) is 42.9 Å². The average molecular weight is 262 g/mol. The van der Waals surface area contributed by atoms with Gasteiger partial charge in [-0.05, 0) is 36.7 Å². The van der Waals surface area contributed by atoms with Crippen molar-refractivity contribution in [1.29, 1.82) is 0 Å². The molecule has 0 radical (unpaired) electrons. The highest BCUT2D eigenvalue weighted by molar-refractivity contribution is 6.30. The van der Waals surface area contributed by atoms with Gasteiger partial charge in [-0.25, -0.2) is 0 Å². The Balaban J connectivity index is 2.27. The van der Waals surface area contributed by atoms with Gasteiger partial charge in [-0.2, -0.15) is 0 Å². The van der Waals surface area contributed by atoms with Crippen LogP contribution in [0.5, 0.6) is 0 Å². The third-order valence-corrected chi connectivity index (χ3v) is 2.89. The summed E-state index contributed by atoms with van der Waals surface area (Å²) in [5.41, 5.74) is 2.07. The van der Waals surface area contributed by atoms with Crippen LogP contribution in [0.1, 0.15) is 30.6 Å². The van der Waals surface area contributed by atoms with Crippen molar-refractivity contribution in [2.75, 3.05) is 6.54 Å². The lowest BCUT2D eigenvalue weighted by Gasteiger charge is -2.18. The zero-order valence-electron chi connectivity index (χ0n) is 10.3. The molecular weight excluding hydrogens is 246 g/mol. The molecule has 0 aliphatic carbocycles. The fourth-order valence-corrected chi connectivity index (χ4v) is 1.90. The maximum absolute atomic E-state index is 5.87. The predicted octanol–water partition coefficient (Wildman–Crippen LogP) is 3.22. The second-order valence-corrected chi connectivity index (χ2v) is 4.51. The van der Waals surface area contributed by atoms with Crippen molar-refractivity contribution in [1.82, 2.24) is 15.3 Å². The van der Waals surface area contributed by atoms with Gasteiger partial charge in [-0.15, -0.1) is 0 Å². The highest BCUT2D eigenvalue weighted by atomic mass is 35.5. The Morgan fingerprint density at radius 3 is 2.78 bits per heavy atom. The highest BCUT2D eigenvalue weighted by Crippen LogP contribution is 2.20. The maximum Gasteiger partial charge on any atom is 0.0766 e. The molecule has 1 atom stereocenters. The van der Waals surface area contributed by atoms with E-state index < -0.39 is 0 Å². The molecule has 0 spiro atoms. The van der Waals surface area contributed by atoms with Crippen molar-refractivity contribution in [3.63, 3.8) is 0 Å². The summed E-state index contributed by atoms with van der Waals surface area (Å²) in [6.45, 7) is 3.08. The Labute approximate surface area is 112 Å². The monoisotopic (exact) mass is 261 g/mol. The Morgan fingerprint density at radius 1 is 1.28 bits per heavy atom. The Kier molecular flexibility index (Phi) is 4.67. The maximum atomic E-state index is 5.87. The molecule has 0 amide bonds. The van der Waals surface area contributed by atoms with E-state index in [0.717, 1.165) is 24.2 Å². The number of hydrogen-bond acceptors (Lipinski definition) is 3. The Morgan fingerprint density at radius 2 is 2.17 bits per heavy atom. The van der Waals surface area contributed by atoms with Gasteiger partial charge in [0, 0.05) is 18.6 Å². The van der Waals surface area contributed by atoms with E-state index in [1.807, 2.05) is 24.4 Å². The summed E-state index contributed by atoms with van der Waals surface area (Å²) < 4.78 is 0. The van der Waals surface area contributed by atoms with Gasteiger partial charge in [-0.3, -0.25) is 9.97 Å². The van der Waals surface area contributed by atoms with Crippen LogP contribution >= 0.6 is 11.6 Å². The number of pyridine rings is 2. The molecule has 2 aromatic heterocycles. The fourth-order valence-electron chi connectivity index (χ4n) is 1.79. The van der Waals surface area contributed by atoms with Crippen molar-refractivity contribution in [2.24, 2.45) is 0 Å². The Bertz CT molecular complexity index is 470. The molecule has 1 unspecified atom stereocenters. The SMILES string of the molecule is CCCNC(c1cccnc1)c1ccc(Cl)cn1. The van der Waals surface area contributed by atoms with Crippen LogP contribution in [0.4, 0.5) is 0 Å². The molecule has 0 aromatic carbocycles. The van der Waals surface area contributed by atoms with Crippen LogP contribution in [0, 0.1) is 0 Å². The lowest BCUT2D eigenvalue weighted by molar-refractivity contribution is 0.585. The van der Waals surface area contributed by atoms with Crippen molar-refractivity contribution < 1.29 is 0 Å². The van der Waals surface area contributed by atoms with Gasteiger partial charge in [0.05, 0.1) is 16.8 Å². The third-order valence-electron chi connectivity index (χ3n) is 2.66. The first-order valence-corrected chi connectivity index (χ1v) is 6.44. The first kappa shape index (κ1) is 13.0. The number of hydrogen-bond donors (Lipinski definition) is 1. The molecular formula is C14H16ClN3. The van der Waals surface area contributed by atoms with Crippen LogP contribution in [-0.4, -0.2) is 16.5 Å². The largest absolute Gasteiger partial charge is 0.305 e. The quantitative estimate of drug-likeness (QED) is 0.898. The number of nitrogens with zero attached hydrogens (tertiary/aromatic N) is 2. The van der Waals surface area contributed by atoms with Crippen LogP contribution in [-0.2, 0) is 0 Å². The molecule has 18 heavy (non-hydrogen) atoms. The molecule has 3 nitrogen and oxygen atoms in total. The van der Waals surface area contributed by atoms with Gasteiger partial charge in [0.1, 0.15) is 0 Å². The summed E-state index contributed by atoms with van der Waals surface area (Å²) in [7, 11) is 0. The van der Waals surface area contributed by atoms with E-state index in [9.17, 15) is 0 Å². The molecule has 0 bridgehead atoms. The van der Waals surface area contributed by atoms with E-state index >= 15 is 0 Å². The standard InChI is InChI=1S/C14H16ClN3/c1-2-7-17-14(11-4-3-8-16-9-11)13-6-5-12(15)10-18-13/h3-6,8-10,14,17H,2,7H2,1H3. The second kappa shape index (κ2) is 6.47. The van der Waals surface area contributed by atoms with Crippen molar-refractivity contribution in [3.05, 3.63) is 59.1 Å². The van der Waals surface area contributed by atoms with Crippen LogP contribution in [0.25, 0.3) is 0 Å². The minimum Gasteiger partial charge on any atom is -0.305 e. The van der Waals surface area contributed by atoms with Gasteiger partial charge in [-0.1, -0.05) is 24.6 Å². The number of nitrogens with one attached hydrogen (secondary N) is 1. The van der Waals surface area contributed by atoms with Gasteiger partial charge in [0.15, 0.2) is 0 Å². The molecule has 0 saturated heterocycles. The average Bonchev–Trinajstić information content (AvgIpc) is 2.42. The zero-order valence-corrected chi connectivity index (χ0v) is 11.1. The van der Waals surface area contributed by atoms with Gasteiger partial charge in [0.25, 0.3) is 0 Å². The summed E-state index contributed by atoms with van der Waals surface area (Å²) in [5, 5.41) is 4.13. The minimum absolute atomic E-state index is 0.0657. The van der Waals surface area contributed by atoms with Crippen LogP contribution in [0.2, 0.25) is 5.02 Å². The molecule has 2 heterocycles.